The first-order valence-electron chi connectivity index (χ1n) is 6.95. The maximum absolute atomic E-state index is 5.68. The van der Waals surface area contributed by atoms with Crippen molar-refractivity contribution >= 4 is 0 Å². The molecule has 0 aliphatic carbocycles. The maximum Gasteiger partial charge on any atom is 0.123 e. The predicted octanol–water partition coefficient (Wildman–Crippen LogP) is 2.75. The van der Waals surface area contributed by atoms with Gasteiger partial charge in [-0.05, 0) is 23.8 Å². The highest BCUT2D eigenvalue weighted by atomic mass is 16.5. The van der Waals surface area contributed by atoms with Crippen LogP contribution in [0.15, 0.2) is 48.5 Å². The van der Waals surface area contributed by atoms with Crippen LogP contribution < -0.4 is 15.2 Å². The lowest BCUT2D eigenvalue weighted by Gasteiger charge is -2.10. The molecule has 2 aromatic rings. The lowest BCUT2D eigenvalue weighted by Crippen LogP contribution is -2.09. The number of methoxy groups -OCH3 is 1. The third-order valence-electron chi connectivity index (χ3n) is 3.11. The van der Waals surface area contributed by atoms with Crippen LogP contribution in [-0.2, 0) is 17.9 Å². The summed E-state index contributed by atoms with van der Waals surface area (Å²) in [4.78, 5) is 0. The van der Waals surface area contributed by atoms with Gasteiger partial charge in [0.1, 0.15) is 18.1 Å². The van der Waals surface area contributed by atoms with Crippen molar-refractivity contribution < 1.29 is 14.2 Å². The Kier molecular flexibility index (Phi) is 6.06. The first kappa shape index (κ1) is 15.4. The monoisotopic (exact) mass is 287 g/mol. The van der Waals surface area contributed by atoms with Gasteiger partial charge in [0.2, 0.25) is 0 Å². The molecule has 2 N–H and O–H groups in total. The minimum Gasteiger partial charge on any atom is -0.497 e. The van der Waals surface area contributed by atoms with E-state index in [1.807, 2.05) is 48.5 Å². The molecule has 4 heteroatoms. The van der Waals surface area contributed by atoms with Crippen LogP contribution in [0.3, 0.4) is 0 Å². The maximum atomic E-state index is 5.68. The van der Waals surface area contributed by atoms with Gasteiger partial charge in [-0.15, -0.1) is 0 Å². The molecule has 0 spiro atoms. The third-order valence-corrected chi connectivity index (χ3v) is 3.11. The van der Waals surface area contributed by atoms with Crippen molar-refractivity contribution in [3.05, 3.63) is 59.7 Å². The SMILES string of the molecule is COc1ccc(COCCOc2ccccc2CN)cc1. The van der Waals surface area contributed by atoms with Gasteiger partial charge in [-0.2, -0.15) is 0 Å². The highest BCUT2D eigenvalue weighted by Gasteiger charge is 2.00. The summed E-state index contributed by atoms with van der Waals surface area (Å²) in [5.41, 5.74) is 7.78. The van der Waals surface area contributed by atoms with E-state index in [1.165, 1.54) is 0 Å². The van der Waals surface area contributed by atoms with Gasteiger partial charge >= 0.3 is 0 Å². The van der Waals surface area contributed by atoms with Crippen molar-refractivity contribution in [2.75, 3.05) is 20.3 Å². The van der Waals surface area contributed by atoms with Gasteiger partial charge in [0, 0.05) is 12.1 Å². The summed E-state index contributed by atoms with van der Waals surface area (Å²) in [6.45, 7) is 2.08. The standard InChI is InChI=1S/C17H21NO3/c1-19-16-8-6-14(7-9-16)13-20-10-11-21-17-5-3-2-4-15(17)12-18/h2-9H,10-13,18H2,1H3. The summed E-state index contributed by atoms with van der Waals surface area (Å²) in [5.74, 6) is 1.67. The molecule has 0 saturated carbocycles. The molecule has 0 saturated heterocycles. The molecule has 0 aromatic heterocycles. The molecular weight excluding hydrogens is 266 g/mol. The van der Waals surface area contributed by atoms with Crippen molar-refractivity contribution in [2.45, 2.75) is 13.2 Å². The van der Waals surface area contributed by atoms with Crippen molar-refractivity contribution in [3.8, 4) is 11.5 Å². The molecule has 0 radical (unpaired) electrons. The van der Waals surface area contributed by atoms with Crippen molar-refractivity contribution in [2.24, 2.45) is 5.73 Å². The molecular formula is C17H21NO3. The van der Waals surface area contributed by atoms with Crippen molar-refractivity contribution in [1.82, 2.24) is 0 Å². The van der Waals surface area contributed by atoms with E-state index in [0.29, 0.717) is 26.4 Å². The number of hydrogen-bond donors (Lipinski definition) is 1. The summed E-state index contributed by atoms with van der Waals surface area (Å²) in [6, 6.07) is 15.6. The topological polar surface area (TPSA) is 53.7 Å². The largest absolute Gasteiger partial charge is 0.497 e. The van der Waals surface area contributed by atoms with Crippen LogP contribution in [0.2, 0.25) is 0 Å². The Morgan fingerprint density at radius 3 is 2.43 bits per heavy atom. The van der Waals surface area contributed by atoms with E-state index in [-0.39, 0.29) is 0 Å². The Hall–Kier alpha value is -2.04. The number of nitrogens with two attached hydrogens (primary N) is 1. The molecule has 0 bridgehead atoms. The zero-order valence-electron chi connectivity index (χ0n) is 12.2. The van der Waals surface area contributed by atoms with E-state index >= 15 is 0 Å². The Bertz CT molecular complexity index is 540. The molecule has 0 aliphatic rings. The first-order chi connectivity index (χ1) is 10.3. The Balaban J connectivity index is 1.70. The number of para-hydroxylation sites is 1. The molecule has 4 nitrogen and oxygen atoms in total. The van der Waals surface area contributed by atoms with Gasteiger partial charge in [-0.25, -0.2) is 0 Å². The summed E-state index contributed by atoms with van der Waals surface area (Å²) >= 11 is 0. The average molecular weight is 287 g/mol. The number of ether oxygens (including phenoxy) is 3. The molecule has 0 atom stereocenters. The van der Waals surface area contributed by atoms with Crippen LogP contribution in [0.4, 0.5) is 0 Å². The van der Waals surface area contributed by atoms with Gasteiger partial charge in [0.05, 0.1) is 20.3 Å². The number of rotatable bonds is 8. The summed E-state index contributed by atoms with van der Waals surface area (Å²) in [6.07, 6.45) is 0. The second-order valence-electron chi connectivity index (χ2n) is 4.56. The van der Waals surface area contributed by atoms with E-state index in [2.05, 4.69) is 0 Å². The molecule has 112 valence electrons. The molecule has 2 aromatic carbocycles. The van der Waals surface area contributed by atoms with Gasteiger partial charge in [0.15, 0.2) is 0 Å². The zero-order valence-corrected chi connectivity index (χ0v) is 12.2. The molecule has 0 amide bonds. The normalized spacial score (nSPS) is 10.4. The number of benzene rings is 2. The van der Waals surface area contributed by atoms with E-state index in [9.17, 15) is 0 Å². The third kappa shape index (κ3) is 4.77. The highest BCUT2D eigenvalue weighted by molar-refractivity contribution is 5.33. The van der Waals surface area contributed by atoms with Gasteiger partial charge in [-0.3, -0.25) is 0 Å². The first-order valence-corrected chi connectivity index (χ1v) is 6.95. The van der Waals surface area contributed by atoms with Gasteiger partial charge in [-0.1, -0.05) is 30.3 Å². The molecule has 0 fully saturated rings. The van der Waals surface area contributed by atoms with Crippen molar-refractivity contribution in [3.63, 3.8) is 0 Å². The zero-order chi connectivity index (χ0) is 14.9. The van der Waals surface area contributed by atoms with Crippen molar-refractivity contribution in [1.29, 1.82) is 0 Å². The van der Waals surface area contributed by atoms with E-state index in [0.717, 1.165) is 22.6 Å². The second-order valence-corrected chi connectivity index (χ2v) is 4.56. The van der Waals surface area contributed by atoms with Crippen LogP contribution in [0.5, 0.6) is 11.5 Å². The fourth-order valence-electron chi connectivity index (χ4n) is 1.94. The molecule has 0 unspecified atom stereocenters. The Labute approximate surface area is 125 Å². The molecule has 0 heterocycles. The molecule has 0 aliphatic heterocycles. The molecule has 2 rings (SSSR count). The number of hydrogen-bond acceptors (Lipinski definition) is 4. The Morgan fingerprint density at radius 1 is 0.952 bits per heavy atom. The van der Waals surface area contributed by atoms with Crippen LogP contribution in [0.25, 0.3) is 0 Å². The van der Waals surface area contributed by atoms with E-state index in [4.69, 9.17) is 19.9 Å². The second kappa shape index (κ2) is 8.29. The van der Waals surface area contributed by atoms with E-state index in [1.54, 1.807) is 7.11 Å². The summed E-state index contributed by atoms with van der Waals surface area (Å²) in [5, 5.41) is 0. The highest BCUT2D eigenvalue weighted by Crippen LogP contribution is 2.17. The van der Waals surface area contributed by atoms with E-state index < -0.39 is 0 Å². The minimum atomic E-state index is 0.475. The van der Waals surface area contributed by atoms with Gasteiger partial charge < -0.3 is 19.9 Å². The fourth-order valence-corrected chi connectivity index (χ4v) is 1.94. The minimum absolute atomic E-state index is 0.475. The predicted molar refractivity (Wildman–Crippen MR) is 82.5 cm³/mol. The molecule has 21 heavy (non-hydrogen) atoms. The Morgan fingerprint density at radius 2 is 1.71 bits per heavy atom. The smallest absolute Gasteiger partial charge is 0.123 e. The average Bonchev–Trinajstić information content (AvgIpc) is 2.55. The fraction of sp³-hybridized carbons (Fsp3) is 0.294. The lowest BCUT2D eigenvalue weighted by atomic mass is 10.2. The van der Waals surface area contributed by atoms with Gasteiger partial charge in [0.25, 0.3) is 0 Å². The van der Waals surface area contributed by atoms with Crippen LogP contribution >= 0.6 is 0 Å². The summed E-state index contributed by atoms with van der Waals surface area (Å²) < 4.78 is 16.4. The van der Waals surface area contributed by atoms with Crippen LogP contribution in [0, 0.1) is 0 Å². The lowest BCUT2D eigenvalue weighted by molar-refractivity contribution is 0.0886. The van der Waals surface area contributed by atoms with Crippen LogP contribution in [-0.4, -0.2) is 20.3 Å². The quantitative estimate of drug-likeness (QED) is 0.759. The van der Waals surface area contributed by atoms with Crippen LogP contribution in [0.1, 0.15) is 11.1 Å². The summed E-state index contributed by atoms with van der Waals surface area (Å²) in [7, 11) is 1.65.